The normalized spacial score (nSPS) is 10.4. The fourth-order valence-electron chi connectivity index (χ4n) is 1.42. The van der Waals surface area contributed by atoms with E-state index in [1.165, 1.54) is 5.56 Å². The molecule has 0 unspecified atom stereocenters. The summed E-state index contributed by atoms with van der Waals surface area (Å²) in [5, 5.41) is 6.43. The zero-order valence-electron chi connectivity index (χ0n) is 8.83. The molecule has 2 aromatic rings. The lowest BCUT2D eigenvalue weighted by Crippen LogP contribution is -2.13. The van der Waals surface area contributed by atoms with Gasteiger partial charge in [0.2, 0.25) is 0 Å². The van der Waals surface area contributed by atoms with E-state index in [4.69, 9.17) is 11.6 Å². The third kappa shape index (κ3) is 2.14. The molecular weight excluding hydrogens is 224 g/mol. The second-order valence-electron chi connectivity index (χ2n) is 3.61. The molecule has 3 nitrogen and oxygen atoms in total. The molecule has 0 saturated carbocycles. The van der Waals surface area contributed by atoms with Gasteiger partial charge in [-0.1, -0.05) is 29.8 Å². The summed E-state index contributed by atoms with van der Waals surface area (Å²) >= 11 is 5.67. The van der Waals surface area contributed by atoms with Crippen LogP contribution in [-0.4, -0.2) is 10.2 Å². The van der Waals surface area contributed by atoms with Crippen LogP contribution in [0, 0.1) is 6.92 Å². The van der Waals surface area contributed by atoms with Gasteiger partial charge in [0.05, 0.1) is 11.6 Å². The minimum atomic E-state index is -0.231. The summed E-state index contributed by atoms with van der Waals surface area (Å²) in [4.78, 5) is 11.3. The average Bonchev–Trinajstić information content (AvgIpc) is 2.31. The van der Waals surface area contributed by atoms with E-state index in [1.807, 2.05) is 31.2 Å². The van der Waals surface area contributed by atoms with Crippen LogP contribution >= 0.6 is 11.6 Å². The second kappa shape index (κ2) is 4.49. The van der Waals surface area contributed by atoms with E-state index in [0.717, 1.165) is 11.3 Å². The number of aromatic nitrogens is 2. The first kappa shape index (κ1) is 10.9. The maximum atomic E-state index is 11.3. The number of aromatic amines is 1. The number of alkyl halides is 1. The molecule has 0 fully saturated rings. The molecule has 1 aromatic heterocycles. The van der Waals surface area contributed by atoms with Gasteiger partial charge in [-0.05, 0) is 13.0 Å². The number of benzene rings is 1. The first-order valence-electron chi connectivity index (χ1n) is 4.92. The molecule has 0 bridgehead atoms. The van der Waals surface area contributed by atoms with Gasteiger partial charge in [0.15, 0.2) is 0 Å². The van der Waals surface area contributed by atoms with Crippen molar-refractivity contribution in [3.63, 3.8) is 0 Å². The maximum Gasteiger partial charge on any atom is 0.268 e. The van der Waals surface area contributed by atoms with Gasteiger partial charge < -0.3 is 0 Å². The molecule has 0 aliphatic rings. The Balaban J connectivity index is 2.48. The summed E-state index contributed by atoms with van der Waals surface area (Å²) in [6.07, 6.45) is 0. The predicted octanol–water partition coefficient (Wildman–Crippen LogP) is 2.48. The Bertz CT molecular complexity index is 546. The topological polar surface area (TPSA) is 45.8 Å². The quantitative estimate of drug-likeness (QED) is 0.812. The van der Waals surface area contributed by atoms with Crippen molar-refractivity contribution in [1.82, 2.24) is 10.2 Å². The highest BCUT2D eigenvalue weighted by molar-refractivity contribution is 6.17. The van der Waals surface area contributed by atoms with E-state index in [1.54, 1.807) is 6.07 Å². The summed E-state index contributed by atoms with van der Waals surface area (Å²) in [7, 11) is 0. The van der Waals surface area contributed by atoms with Crippen LogP contribution < -0.4 is 5.56 Å². The molecule has 1 aromatic carbocycles. The van der Waals surface area contributed by atoms with Crippen molar-refractivity contribution in [3.05, 3.63) is 51.8 Å². The molecule has 82 valence electrons. The Morgan fingerprint density at radius 3 is 2.62 bits per heavy atom. The Hall–Kier alpha value is -1.61. The van der Waals surface area contributed by atoms with Crippen molar-refractivity contribution < 1.29 is 0 Å². The molecule has 0 radical (unpaired) electrons. The average molecular weight is 235 g/mol. The van der Waals surface area contributed by atoms with Crippen LogP contribution in [0.15, 0.2) is 35.1 Å². The van der Waals surface area contributed by atoms with Gasteiger partial charge in [0.25, 0.3) is 5.56 Å². The van der Waals surface area contributed by atoms with E-state index in [-0.39, 0.29) is 11.4 Å². The van der Waals surface area contributed by atoms with Crippen LogP contribution in [0.2, 0.25) is 0 Å². The van der Waals surface area contributed by atoms with Crippen molar-refractivity contribution in [3.8, 4) is 11.3 Å². The van der Waals surface area contributed by atoms with Gasteiger partial charge >= 0.3 is 0 Å². The van der Waals surface area contributed by atoms with E-state index < -0.39 is 0 Å². The Kier molecular flexibility index (Phi) is 3.06. The van der Waals surface area contributed by atoms with E-state index in [9.17, 15) is 4.79 Å². The first-order valence-corrected chi connectivity index (χ1v) is 5.46. The van der Waals surface area contributed by atoms with Crippen LogP contribution in [0.3, 0.4) is 0 Å². The lowest BCUT2D eigenvalue weighted by molar-refractivity contribution is 0.971. The van der Waals surface area contributed by atoms with Crippen molar-refractivity contribution in [2.45, 2.75) is 12.8 Å². The van der Waals surface area contributed by atoms with Crippen LogP contribution in [0.4, 0.5) is 0 Å². The van der Waals surface area contributed by atoms with Crippen molar-refractivity contribution in [1.29, 1.82) is 0 Å². The summed E-state index contributed by atoms with van der Waals surface area (Å²) in [5.74, 6) is 0.191. The van der Waals surface area contributed by atoms with Crippen molar-refractivity contribution in [2.24, 2.45) is 0 Å². The minimum Gasteiger partial charge on any atom is -0.268 e. The van der Waals surface area contributed by atoms with E-state index in [0.29, 0.717) is 5.56 Å². The van der Waals surface area contributed by atoms with Gasteiger partial charge in [-0.3, -0.25) is 4.79 Å². The Morgan fingerprint density at radius 1 is 1.31 bits per heavy atom. The molecule has 0 spiro atoms. The van der Waals surface area contributed by atoms with Gasteiger partial charge in [-0.15, -0.1) is 11.6 Å². The monoisotopic (exact) mass is 234 g/mol. The Morgan fingerprint density at radius 2 is 2.00 bits per heavy atom. The van der Waals surface area contributed by atoms with Gasteiger partial charge in [-0.2, -0.15) is 5.10 Å². The standard InChI is InChI=1S/C12H11ClN2O/c1-8-2-4-9(5-3-8)11-6-10(7-13)12(16)15-14-11/h2-6H,7H2,1H3,(H,15,16). The highest BCUT2D eigenvalue weighted by Crippen LogP contribution is 2.16. The zero-order valence-corrected chi connectivity index (χ0v) is 9.58. The van der Waals surface area contributed by atoms with Gasteiger partial charge in [0.1, 0.15) is 0 Å². The fraction of sp³-hybridized carbons (Fsp3) is 0.167. The molecular formula is C12H11ClN2O. The maximum absolute atomic E-state index is 11.3. The smallest absolute Gasteiger partial charge is 0.268 e. The molecule has 1 heterocycles. The fourth-order valence-corrected chi connectivity index (χ4v) is 1.62. The molecule has 0 aliphatic carbocycles. The highest BCUT2D eigenvalue weighted by Gasteiger charge is 2.03. The SMILES string of the molecule is Cc1ccc(-c2cc(CCl)c(=O)[nH]n2)cc1. The number of hydrogen-bond donors (Lipinski definition) is 1. The molecule has 0 aliphatic heterocycles. The van der Waals surface area contributed by atoms with Crippen molar-refractivity contribution in [2.75, 3.05) is 0 Å². The van der Waals surface area contributed by atoms with Crippen LogP contribution in [0.1, 0.15) is 11.1 Å². The largest absolute Gasteiger partial charge is 0.268 e. The summed E-state index contributed by atoms with van der Waals surface area (Å²) in [5.41, 5.74) is 3.19. The second-order valence-corrected chi connectivity index (χ2v) is 3.87. The predicted molar refractivity (Wildman–Crippen MR) is 64.6 cm³/mol. The zero-order chi connectivity index (χ0) is 11.5. The molecule has 4 heteroatoms. The molecule has 1 N–H and O–H groups in total. The van der Waals surface area contributed by atoms with E-state index in [2.05, 4.69) is 10.2 Å². The van der Waals surface area contributed by atoms with Crippen LogP contribution in [0.5, 0.6) is 0 Å². The minimum absolute atomic E-state index is 0.191. The number of H-pyrrole nitrogens is 1. The lowest BCUT2D eigenvalue weighted by Gasteiger charge is -2.02. The number of rotatable bonds is 2. The molecule has 0 saturated heterocycles. The molecule has 0 atom stereocenters. The van der Waals surface area contributed by atoms with Crippen LogP contribution in [-0.2, 0) is 5.88 Å². The van der Waals surface area contributed by atoms with Crippen molar-refractivity contribution >= 4 is 11.6 Å². The molecule has 0 amide bonds. The summed E-state index contributed by atoms with van der Waals surface area (Å²) < 4.78 is 0. The summed E-state index contributed by atoms with van der Waals surface area (Å²) in [6.45, 7) is 2.02. The molecule has 16 heavy (non-hydrogen) atoms. The first-order chi connectivity index (χ1) is 7.70. The van der Waals surface area contributed by atoms with Crippen LogP contribution in [0.25, 0.3) is 11.3 Å². The Labute approximate surface area is 98.1 Å². The third-order valence-electron chi connectivity index (χ3n) is 2.37. The lowest BCUT2D eigenvalue weighted by atomic mass is 10.1. The summed E-state index contributed by atoms with van der Waals surface area (Å²) in [6, 6.07) is 9.66. The van der Waals surface area contributed by atoms with Gasteiger partial charge in [-0.25, -0.2) is 5.10 Å². The van der Waals surface area contributed by atoms with Gasteiger partial charge in [0, 0.05) is 11.1 Å². The number of nitrogens with zero attached hydrogens (tertiary/aromatic N) is 1. The number of halogens is 1. The highest BCUT2D eigenvalue weighted by atomic mass is 35.5. The molecule has 2 rings (SSSR count). The third-order valence-corrected chi connectivity index (χ3v) is 2.66. The number of hydrogen-bond acceptors (Lipinski definition) is 2. The van der Waals surface area contributed by atoms with E-state index >= 15 is 0 Å². The number of aryl methyl sites for hydroxylation is 1. The number of nitrogens with one attached hydrogen (secondary N) is 1.